The summed E-state index contributed by atoms with van der Waals surface area (Å²) in [6, 6.07) is 0. The molecule has 1 saturated heterocycles. The maximum absolute atomic E-state index is 13.0. The number of likely N-dealkylation sites (tertiary alicyclic amines) is 1. The Morgan fingerprint density at radius 3 is 2.67 bits per heavy atom. The van der Waals surface area contributed by atoms with E-state index in [2.05, 4.69) is 0 Å². The number of alkyl halides is 3. The number of piperidine rings is 1. The van der Waals surface area contributed by atoms with Crippen molar-refractivity contribution in [3.05, 3.63) is 0 Å². The van der Waals surface area contributed by atoms with Crippen molar-refractivity contribution in [1.82, 2.24) is 4.90 Å². The van der Waals surface area contributed by atoms with Crippen LogP contribution in [0.3, 0.4) is 0 Å². The van der Waals surface area contributed by atoms with Gasteiger partial charge in [0.05, 0.1) is 6.54 Å². The van der Waals surface area contributed by atoms with Gasteiger partial charge in [-0.05, 0) is 18.9 Å². The molecule has 1 aliphatic rings. The molecule has 0 aromatic rings. The van der Waals surface area contributed by atoms with Crippen molar-refractivity contribution in [1.29, 1.82) is 0 Å². The van der Waals surface area contributed by atoms with Gasteiger partial charge < -0.3 is 0 Å². The second-order valence-electron chi connectivity index (χ2n) is 3.43. The van der Waals surface area contributed by atoms with Crippen LogP contribution in [0.2, 0.25) is 0 Å². The Morgan fingerprint density at radius 1 is 1.50 bits per heavy atom. The minimum Gasteiger partial charge on any atom is -0.295 e. The van der Waals surface area contributed by atoms with E-state index in [9.17, 15) is 13.2 Å². The van der Waals surface area contributed by atoms with Crippen LogP contribution in [0.1, 0.15) is 13.3 Å². The molecule has 12 heavy (non-hydrogen) atoms. The lowest BCUT2D eigenvalue weighted by atomic mass is 9.97. The van der Waals surface area contributed by atoms with Gasteiger partial charge in [-0.1, -0.05) is 6.92 Å². The van der Waals surface area contributed by atoms with Gasteiger partial charge in [-0.2, -0.15) is 0 Å². The summed E-state index contributed by atoms with van der Waals surface area (Å²) < 4.78 is 36.7. The second kappa shape index (κ2) is 4.12. The molecule has 1 rings (SSSR count). The summed E-state index contributed by atoms with van der Waals surface area (Å²) >= 11 is 0. The summed E-state index contributed by atoms with van der Waals surface area (Å²) in [5, 5.41) is 0. The van der Waals surface area contributed by atoms with Crippen molar-refractivity contribution in [3.63, 3.8) is 0 Å². The normalized spacial score (nSPS) is 32.8. The number of nitrogens with zero attached hydrogens (tertiary/aromatic N) is 1. The third-order valence-electron chi connectivity index (χ3n) is 2.35. The highest BCUT2D eigenvalue weighted by molar-refractivity contribution is 4.77. The molecule has 1 aliphatic heterocycles. The van der Waals surface area contributed by atoms with Crippen molar-refractivity contribution in [2.45, 2.75) is 25.9 Å². The first kappa shape index (κ1) is 9.84. The first-order valence-electron chi connectivity index (χ1n) is 4.24. The molecule has 0 aromatic heterocycles. The molecule has 0 N–H and O–H groups in total. The molecule has 1 nitrogen and oxygen atoms in total. The first-order chi connectivity index (χ1) is 5.59. The third-order valence-corrected chi connectivity index (χ3v) is 2.35. The summed E-state index contributed by atoms with van der Waals surface area (Å²) in [7, 11) is 0. The summed E-state index contributed by atoms with van der Waals surface area (Å²) in [4.78, 5) is 1.50. The molecule has 72 valence electrons. The lowest BCUT2D eigenvalue weighted by Crippen LogP contribution is -2.42. The fraction of sp³-hybridized carbons (Fsp3) is 1.00. The molecule has 0 saturated carbocycles. The fourth-order valence-electron chi connectivity index (χ4n) is 1.45. The van der Waals surface area contributed by atoms with Crippen LogP contribution in [0, 0.1) is 5.92 Å². The minimum absolute atomic E-state index is 0.0268. The van der Waals surface area contributed by atoms with Gasteiger partial charge in [-0.25, -0.2) is 13.2 Å². The van der Waals surface area contributed by atoms with E-state index < -0.39 is 12.6 Å². The topological polar surface area (TPSA) is 3.24 Å². The van der Waals surface area contributed by atoms with Gasteiger partial charge in [0.2, 0.25) is 0 Å². The van der Waals surface area contributed by atoms with Crippen LogP contribution in [-0.2, 0) is 0 Å². The minimum atomic E-state index is -2.34. The SMILES string of the molecule is CC1CCN(CC(F)F)CC1F. The summed E-state index contributed by atoms with van der Waals surface area (Å²) in [5.41, 5.74) is 0. The van der Waals surface area contributed by atoms with Crippen molar-refractivity contribution in [2.75, 3.05) is 19.6 Å². The van der Waals surface area contributed by atoms with Gasteiger partial charge in [-0.3, -0.25) is 4.90 Å². The van der Waals surface area contributed by atoms with Crippen LogP contribution in [0.4, 0.5) is 13.2 Å². The summed E-state index contributed by atoms with van der Waals surface area (Å²) in [6.45, 7) is 2.31. The molecule has 0 amide bonds. The standard InChI is InChI=1S/C8H14F3N/c1-6-2-3-12(4-7(6)9)5-8(10)11/h6-8H,2-5H2,1H3. The Balaban J connectivity index is 2.30. The quantitative estimate of drug-likeness (QED) is 0.629. The van der Waals surface area contributed by atoms with Crippen molar-refractivity contribution >= 4 is 0 Å². The van der Waals surface area contributed by atoms with E-state index in [1.807, 2.05) is 6.92 Å². The smallest absolute Gasteiger partial charge is 0.251 e. The van der Waals surface area contributed by atoms with E-state index in [0.29, 0.717) is 13.0 Å². The van der Waals surface area contributed by atoms with Gasteiger partial charge in [-0.15, -0.1) is 0 Å². The Kier molecular flexibility index (Phi) is 3.38. The average Bonchev–Trinajstić information content (AvgIpc) is 1.96. The molecule has 2 atom stereocenters. The third kappa shape index (κ3) is 2.66. The van der Waals surface area contributed by atoms with Crippen molar-refractivity contribution in [2.24, 2.45) is 5.92 Å². The van der Waals surface area contributed by atoms with Gasteiger partial charge in [0.1, 0.15) is 6.17 Å². The highest BCUT2D eigenvalue weighted by Crippen LogP contribution is 2.20. The van der Waals surface area contributed by atoms with Crippen LogP contribution in [0.15, 0.2) is 0 Å². The molecular weight excluding hydrogens is 167 g/mol. The zero-order valence-electron chi connectivity index (χ0n) is 7.14. The van der Waals surface area contributed by atoms with E-state index >= 15 is 0 Å². The lowest BCUT2D eigenvalue weighted by molar-refractivity contribution is 0.0377. The highest BCUT2D eigenvalue weighted by atomic mass is 19.3. The van der Waals surface area contributed by atoms with Gasteiger partial charge in [0, 0.05) is 6.54 Å². The monoisotopic (exact) mass is 181 g/mol. The molecule has 0 aromatic carbocycles. The molecule has 0 bridgehead atoms. The molecule has 2 unspecified atom stereocenters. The van der Waals surface area contributed by atoms with E-state index in [1.165, 1.54) is 4.90 Å². The summed E-state index contributed by atoms with van der Waals surface area (Å²) in [6.07, 6.45) is -2.59. The molecule has 1 heterocycles. The molecular formula is C8H14F3N. The molecule has 1 fully saturated rings. The van der Waals surface area contributed by atoms with Gasteiger partial charge in [0.25, 0.3) is 6.43 Å². The molecule has 0 radical (unpaired) electrons. The number of hydrogen-bond acceptors (Lipinski definition) is 1. The van der Waals surface area contributed by atoms with Gasteiger partial charge >= 0.3 is 0 Å². The number of halogens is 3. The fourth-order valence-corrected chi connectivity index (χ4v) is 1.45. The maximum atomic E-state index is 13.0. The second-order valence-corrected chi connectivity index (χ2v) is 3.43. The number of hydrogen-bond donors (Lipinski definition) is 0. The van der Waals surface area contributed by atoms with E-state index in [-0.39, 0.29) is 19.0 Å². The highest BCUT2D eigenvalue weighted by Gasteiger charge is 2.26. The summed E-state index contributed by atoms with van der Waals surface area (Å²) in [5.74, 6) is 0.0268. The van der Waals surface area contributed by atoms with Crippen LogP contribution in [0.5, 0.6) is 0 Å². The Morgan fingerprint density at radius 2 is 2.17 bits per heavy atom. The largest absolute Gasteiger partial charge is 0.295 e. The van der Waals surface area contributed by atoms with Crippen LogP contribution in [-0.4, -0.2) is 37.1 Å². The van der Waals surface area contributed by atoms with Crippen molar-refractivity contribution < 1.29 is 13.2 Å². The zero-order valence-corrected chi connectivity index (χ0v) is 7.14. The van der Waals surface area contributed by atoms with Crippen LogP contribution in [0.25, 0.3) is 0 Å². The lowest BCUT2D eigenvalue weighted by Gasteiger charge is -2.32. The van der Waals surface area contributed by atoms with Crippen LogP contribution < -0.4 is 0 Å². The average molecular weight is 181 g/mol. The number of rotatable bonds is 2. The van der Waals surface area contributed by atoms with E-state index in [1.54, 1.807) is 0 Å². The molecule has 0 aliphatic carbocycles. The van der Waals surface area contributed by atoms with E-state index in [0.717, 1.165) is 0 Å². The predicted octanol–water partition coefficient (Wildman–Crippen LogP) is 1.93. The first-order valence-corrected chi connectivity index (χ1v) is 4.24. The molecule has 0 spiro atoms. The van der Waals surface area contributed by atoms with Crippen LogP contribution >= 0.6 is 0 Å². The zero-order chi connectivity index (χ0) is 9.14. The predicted molar refractivity (Wildman–Crippen MR) is 41.1 cm³/mol. The Hall–Kier alpha value is -0.250. The maximum Gasteiger partial charge on any atom is 0.251 e. The Bertz CT molecular complexity index is 140. The van der Waals surface area contributed by atoms with Gasteiger partial charge in [0.15, 0.2) is 0 Å². The van der Waals surface area contributed by atoms with Crippen molar-refractivity contribution in [3.8, 4) is 0 Å². The Labute approximate surface area is 70.5 Å². The van der Waals surface area contributed by atoms with E-state index in [4.69, 9.17) is 0 Å². The molecule has 4 heteroatoms.